The molecule has 0 aromatic rings. The molecule has 3 nitrogen and oxygen atoms in total. The van der Waals surface area contributed by atoms with Crippen LogP contribution >= 0.6 is 0 Å². The topological polar surface area (TPSA) is 45.0 Å². The van der Waals surface area contributed by atoms with E-state index in [1.165, 1.54) is 0 Å². The maximum absolute atomic E-state index is 9.32. The normalized spacial score (nSPS) is 20.7. The Kier molecular flexibility index (Phi) is 3.75. The first-order valence-corrected chi connectivity index (χ1v) is 5.74. The van der Waals surface area contributed by atoms with Gasteiger partial charge in [-0.1, -0.05) is 6.92 Å². The zero-order valence-corrected chi connectivity index (χ0v) is 10.3. The maximum Gasteiger partial charge on any atom is 0.133 e. The average molecular weight is 210 g/mol. The van der Waals surface area contributed by atoms with Gasteiger partial charge in [0.1, 0.15) is 5.54 Å². The van der Waals surface area contributed by atoms with Crippen LogP contribution in [0.15, 0.2) is 0 Å². The first kappa shape index (κ1) is 12.5. The van der Waals surface area contributed by atoms with E-state index in [4.69, 9.17) is 4.74 Å². The van der Waals surface area contributed by atoms with Gasteiger partial charge in [0.2, 0.25) is 0 Å². The molecule has 0 amide bonds. The molecular weight excluding hydrogens is 188 g/mol. The summed E-state index contributed by atoms with van der Waals surface area (Å²) in [6, 6.07) is 2.41. The third-order valence-corrected chi connectivity index (χ3v) is 2.70. The Morgan fingerprint density at radius 3 is 2.33 bits per heavy atom. The van der Waals surface area contributed by atoms with Gasteiger partial charge in [0, 0.05) is 0 Å². The summed E-state index contributed by atoms with van der Waals surface area (Å²) in [5.74, 6) is 0.477. The van der Waals surface area contributed by atoms with Gasteiger partial charge in [0.25, 0.3) is 0 Å². The largest absolute Gasteiger partial charge is 0.373 e. The highest BCUT2D eigenvalue weighted by atomic mass is 16.5. The van der Waals surface area contributed by atoms with Gasteiger partial charge in [-0.25, -0.2) is 0 Å². The molecule has 0 saturated heterocycles. The molecule has 0 aromatic carbocycles. The SMILES string of the molecule is CCNC(C#N)(COC(C)(C)C)C1CC1. The summed E-state index contributed by atoms with van der Waals surface area (Å²) in [5, 5.41) is 12.6. The lowest BCUT2D eigenvalue weighted by atomic mass is 9.95. The van der Waals surface area contributed by atoms with Gasteiger partial charge < -0.3 is 4.74 Å². The second kappa shape index (κ2) is 4.51. The Morgan fingerprint density at radius 1 is 1.40 bits per heavy atom. The monoisotopic (exact) mass is 210 g/mol. The smallest absolute Gasteiger partial charge is 0.133 e. The van der Waals surface area contributed by atoms with Gasteiger partial charge >= 0.3 is 0 Å². The highest BCUT2D eigenvalue weighted by Gasteiger charge is 2.46. The molecule has 0 radical (unpaired) electrons. The average Bonchev–Trinajstić information content (AvgIpc) is 2.94. The third-order valence-electron chi connectivity index (χ3n) is 2.70. The predicted molar refractivity (Wildman–Crippen MR) is 60.4 cm³/mol. The second-order valence-corrected chi connectivity index (χ2v) is 5.29. The van der Waals surface area contributed by atoms with Gasteiger partial charge in [-0.15, -0.1) is 0 Å². The van der Waals surface area contributed by atoms with Crippen LogP contribution in [0.3, 0.4) is 0 Å². The summed E-state index contributed by atoms with van der Waals surface area (Å²) in [4.78, 5) is 0. The minimum atomic E-state index is -0.456. The molecular formula is C12H22N2O. The summed E-state index contributed by atoms with van der Waals surface area (Å²) in [6.45, 7) is 9.41. The third kappa shape index (κ3) is 3.48. The zero-order chi connectivity index (χ0) is 11.5. The van der Waals surface area contributed by atoms with E-state index < -0.39 is 5.54 Å². The van der Waals surface area contributed by atoms with Crippen molar-refractivity contribution in [3.05, 3.63) is 0 Å². The molecule has 1 aliphatic carbocycles. The zero-order valence-electron chi connectivity index (χ0n) is 10.3. The van der Waals surface area contributed by atoms with Crippen molar-refractivity contribution in [2.75, 3.05) is 13.2 Å². The van der Waals surface area contributed by atoms with Crippen LogP contribution in [0.5, 0.6) is 0 Å². The standard InChI is InChI=1S/C12H22N2O/c1-5-14-12(8-13,10-6-7-10)9-15-11(2,3)4/h10,14H,5-7,9H2,1-4H3. The summed E-state index contributed by atoms with van der Waals surface area (Å²) < 4.78 is 5.75. The molecule has 3 heteroatoms. The molecule has 0 heterocycles. The minimum absolute atomic E-state index is 0.174. The number of ether oxygens (including phenoxy) is 1. The van der Waals surface area contributed by atoms with Gasteiger partial charge in [-0.05, 0) is 46.1 Å². The Balaban J connectivity index is 2.60. The fourth-order valence-electron chi connectivity index (χ4n) is 1.70. The van der Waals surface area contributed by atoms with Gasteiger partial charge in [0.05, 0.1) is 18.3 Å². The Bertz CT molecular complexity index is 247. The number of nitrogens with one attached hydrogen (secondary N) is 1. The van der Waals surface area contributed by atoms with Gasteiger partial charge in [0.15, 0.2) is 0 Å². The van der Waals surface area contributed by atoms with Crippen LogP contribution in [0, 0.1) is 17.2 Å². The highest BCUT2D eigenvalue weighted by Crippen LogP contribution is 2.40. The lowest BCUT2D eigenvalue weighted by Crippen LogP contribution is -2.51. The second-order valence-electron chi connectivity index (χ2n) is 5.29. The molecule has 1 rings (SSSR count). The van der Waals surface area contributed by atoms with E-state index >= 15 is 0 Å². The molecule has 15 heavy (non-hydrogen) atoms. The van der Waals surface area contributed by atoms with E-state index in [0.717, 1.165) is 19.4 Å². The molecule has 1 unspecified atom stereocenters. The summed E-state index contributed by atoms with van der Waals surface area (Å²) in [7, 11) is 0. The predicted octanol–water partition coefficient (Wildman–Crippen LogP) is 2.08. The molecule has 1 atom stereocenters. The van der Waals surface area contributed by atoms with E-state index in [9.17, 15) is 5.26 Å². The van der Waals surface area contributed by atoms with Crippen LogP contribution in [0.2, 0.25) is 0 Å². The van der Waals surface area contributed by atoms with Crippen LogP contribution in [-0.4, -0.2) is 24.3 Å². The number of hydrogen-bond acceptors (Lipinski definition) is 3. The van der Waals surface area contributed by atoms with Crippen molar-refractivity contribution in [2.45, 2.75) is 51.7 Å². The van der Waals surface area contributed by atoms with Crippen LogP contribution < -0.4 is 5.32 Å². The van der Waals surface area contributed by atoms with Gasteiger partial charge in [-0.2, -0.15) is 5.26 Å². The number of likely N-dealkylation sites (N-methyl/N-ethyl adjacent to an activating group) is 1. The first-order chi connectivity index (χ1) is 6.93. The number of nitrogens with zero attached hydrogens (tertiary/aromatic N) is 1. The molecule has 1 N–H and O–H groups in total. The van der Waals surface area contributed by atoms with E-state index in [2.05, 4.69) is 11.4 Å². The van der Waals surface area contributed by atoms with E-state index in [1.54, 1.807) is 0 Å². The Hall–Kier alpha value is -0.590. The first-order valence-electron chi connectivity index (χ1n) is 5.74. The van der Waals surface area contributed by atoms with Crippen molar-refractivity contribution in [3.8, 4) is 6.07 Å². The quantitative estimate of drug-likeness (QED) is 0.755. The van der Waals surface area contributed by atoms with Crippen molar-refractivity contribution >= 4 is 0 Å². The van der Waals surface area contributed by atoms with Crippen molar-refractivity contribution < 1.29 is 4.74 Å². The summed E-state index contributed by atoms with van der Waals surface area (Å²) >= 11 is 0. The summed E-state index contributed by atoms with van der Waals surface area (Å²) in [6.07, 6.45) is 2.29. The molecule has 1 fully saturated rings. The Labute approximate surface area is 92.8 Å². The molecule has 0 spiro atoms. The highest BCUT2D eigenvalue weighted by molar-refractivity contribution is 5.15. The van der Waals surface area contributed by atoms with Crippen LogP contribution in [0.1, 0.15) is 40.5 Å². The van der Waals surface area contributed by atoms with Gasteiger partial charge in [-0.3, -0.25) is 5.32 Å². The van der Waals surface area contributed by atoms with Crippen molar-refractivity contribution in [3.63, 3.8) is 0 Å². The lowest BCUT2D eigenvalue weighted by Gasteiger charge is -2.31. The van der Waals surface area contributed by atoms with E-state index in [0.29, 0.717) is 12.5 Å². The Morgan fingerprint density at radius 2 is 2.00 bits per heavy atom. The van der Waals surface area contributed by atoms with Crippen molar-refractivity contribution in [2.24, 2.45) is 5.92 Å². The number of nitriles is 1. The fraction of sp³-hybridized carbons (Fsp3) is 0.917. The van der Waals surface area contributed by atoms with Crippen LogP contribution in [-0.2, 0) is 4.74 Å². The van der Waals surface area contributed by atoms with Crippen molar-refractivity contribution in [1.82, 2.24) is 5.32 Å². The maximum atomic E-state index is 9.32. The van der Waals surface area contributed by atoms with E-state index in [1.807, 2.05) is 27.7 Å². The minimum Gasteiger partial charge on any atom is -0.373 e. The molecule has 0 aliphatic heterocycles. The number of hydrogen-bond donors (Lipinski definition) is 1. The molecule has 86 valence electrons. The molecule has 0 aromatic heterocycles. The summed E-state index contributed by atoms with van der Waals surface area (Å²) in [5.41, 5.74) is -0.631. The molecule has 1 aliphatic rings. The molecule has 0 bridgehead atoms. The number of rotatable bonds is 5. The lowest BCUT2D eigenvalue weighted by molar-refractivity contribution is -0.0298. The van der Waals surface area contributed by atoms with Crippen LogP contribution in [0.4, 0.5) is 0 Å². The van der Waals surface area contributed by atoms with Crippen molar-refractivity contribution in [1.29, 1.82) is 5.26 Å². The fourth-order valence-corrected chi connectivity index (χ4v) is 1.70. The van der Waals surface area contributed by atoms with Crippen LogP contribution in [0.25, 0.3) is 0 Å². The molecule has 1 saturated carbocycles. The van der Waals surface area contributed by atoms with E-state index in [-0.39, 0.29) is 5.60 Å².